The van der Waals surface area contributed by atoms with E-state index in [2.05, 4.69) is 35.3 Å². The average molecular weight is 279 g/mol. The zero-order valence-electron chi connectivity index (χ0n) is 11.2. The number of aromatic nitrogens is 6. The van der Waals surface area contributed by atoms with Gasteiger partial charge in [-0.25, -0.2) is 0 Å². The van der Waals surface area contributed by atoms with Crippen molar-refractivity contribution in [2.24, 2.45) is 0 Å². The van der Waals surface area contributed by atoms with Crippen molar-refractivity contribution < 1.29 is 0 Å². The van der Waals surface area contributed by atoms with E-state index < -0.39 is 0 Å². The molecule has 4 heterocycles. The van der Waals surface area contributed by atoms with E-state index in [4.69, 9.17) is 0 Å². The first-order valence-corrected chi connectivity index (χ1v) is 6.77. The van der Waals surface area contributed by atoms with Crippen molar-refractivity contribution in [2.75, 3.05) is 6.54 Å². The molecule has 7 heteroatoms. The highest BCUT2D eigenvalue weighted by atomic mass is 15.3. The molecule has 0 aliphatic carbocycles. The standard InChI is InChI=1S/C14H13N7/c1-2-10(8-15-4-1)12-14-20-19-13(21(14)7-6-16-12)11-3-5-17-18-9-11/h1-5,8-9,12,16H,6-7H2. The van der Waals surface area contributed by atoms with Crippen molar-refractivity contribution in [3.8, 4) is 11.4 Å². The number of nitrogens with zero attached hydrogens (tertiary/aromatic N) is 6. The maximum Gasteiger partial charge on any atom is 0.165 e. The third-order valence-electron chi connectivity index (χ3n) is 3.58. The van der Waals surface area contributed by atoms with Crippen LogP contribution in [0.4, 0.5) is 0 Å². The van der Waals surface area contributed by atoms with Crippen LogP contribution in [0, 0.1) is 0 Å². The summed E-state index contributed by atoms with van der Waals surface area (Å²) in [4.78, 5) is 4.18. The molecule has 0 amide bonds. The zero-order chi connectivity index (χ0) is 14.1. The fourth-order valence-corrected chi connectivity index (χ4v) is 2.61. The van der Waals surface area contributed by atoms with Gasteiger partial charge in [0.05, 0.1) is 18.4 Å². The summed E-state index contributed by atoms with van der Waals surface area (Å²) in [5.41, 5.74) is 2.01. The summed E-state index contributed by atoms with van der Waals surface area (Å²) in [5, 5.41) is 19.9. The van der Waals surface area contributed by atoms with Crippen LogP contribution in [0.5, 0.6) is 0 Å². The molecule has 1 N–H and O–H groups in total. The van der Waals surface area contributed by atoms with Gasteiger partial charge in [0, 0.05) is 31.0 Å². The topological polar surface area (TPSA) is 81.4 Å². The fraction of sp³-hybridized carbons (Fsp3) is 0.214. The first-order chi connectivity index (χ1) is 10.4. The summed E-state index contributed by atoms with van der Waals surface area (Å²) in [5.74, 6) is 1.73. The molecule has 104 valence electrons. The summed E-state index contributed by atoms with van der Waals surface area (Å²) in [6, 6.07) is 5.89. The molecule has 1 unspecified atom stereocenters. The minimum Gasteiger partial charge on any atom is -0.308 e. The Labute approximate surface area is 121 Å². The third kappa shape index (κ3) is 2.07. The van der Waals surface area contributed by atoms with E-state index in [1.165, 1.54) is 0 Å². The zero-order valence-corrected chi connectivity index (χ0v) is 11.2. The second-order valence-electron chi connectivity index (χ2n) is 4.84. The summed E-state index contributed by atoms with van der Waals surface area (Å²) in [6.07, 6.45) is 7.00. The molecular weight excluding hydrogens is 266 g/mol. The molecule has 0 radical (unpaired) electrons. The first kappa shape index (κ1) is 12.1. The largest absolute Gasteiger partial charge is 0.308 e. The molecule has 1 atom stereocenters. The number of hydrogen-bond acceptors (Lipinski definition) is 6. The van der Waals surface area contributed by atoms with Gasteiger partial charge in [-0.3, -0.25) is 4.98 Å². The van der Waals surface area contributed by atoms with Crippen LogP contribution in [0.1, 0.15) is 17.4 Å². The van der Waals surface area contributed by atoms with Gasteiger partial charge < -0.3 is 9.88 Å². The van der Waals surface area contributed by atoms with Crippen molar-refractivity contribution in [1.29, 1.82) is 0 Å². The Morgan fingerprint density at radius 1 is 1.10 bits per heavy atom. The fourth-order valence-electron chi connectivity index (χ4n) is 2.61. The number of rotatable bonds is 2. The van der Waals surface area contributed by atoms with Crippen LogP contribution in [-0.2, 0) is 6.54 Å². The van der Waals surface area contributed by atoms with Crippen LogP contribution in [0.2, 0.25) is 0 Å². The smallest absolute Gasteiger partial charge is 0.165 e. The molecule has 1 aliphatic rings. The lowest BCUT2D eigenvalue weighted by Crippen LogP contribution is -2.34. The maximum absolute atomic E-state index is 4.37. The predicted octanol–water partition coefficient (Wildman–Crippen LogP) is 0.823. The van der Waals surface area contributed by atoms with Gasteiger partial charge in [0.1, 0.15) is 0 Å². The van der Waals surface area contributed by atoms with Crippen LogP contribution in [0.25, 0.3) is 11.4 Å². The lowest BCUT2D eigenvalue weighted by atomic mass is 10.1. The lowest BCUT2D eigenvalue weighted by Gasteiger charge is -2.25. The molecule has 7 nitrogen and oxygen atoms in total. The van der Waals surface area contributed by atoms with Crippen molar-refractivity contribution in [3.05, 3.63) is 54.4 Å². The van der Waals surface area contributed by atoms with Crippen molar-refractivity contribution in [3.63, 3.8) is 0 Å². The van der Waals surface area contributed by atoms with E-state index in [9.17, 15) is 0 Å². The maximum atomic E-state index is 4.37. The second-order valence-corrected chi connectivity index (χ2v) is 4.84. The van der Waals surface area contributed by atoms with E-state index in [0.717, 1.165) is 35.9 Å². The highest BCUT2D eigenvalue weighted by Gasteiger charge is 2.26. The van der Waals surface area contributed by atoms with E-state index in [0.29, 0.717) is 0 Å². The van der Waals surface area contributed by atoms with Gasteiger partial charge in [-0.05, 0) is 17.7 Å². The Kier molecular flexibility index (Phi) is 2.89. The van der Waals surface area contributed by atoms with Gasteiger partial charge in [-0.2, -0.15) is 10.2 Å². The lowest BCUT2D eigenvalue weighted by molar-refractivity contribution is 0.457. The van der Waals surface area contributed by atoms with Gasteiger partial charge in [0.2, 0.25) is 0 Å². The van der Waals surface area contributed by atoms with Crippen LogP contribution < -0.4 is 5.32 Å². The van der Waals surface area contributed by atoms with Gasteiger partial charge in [0.25, 0.3) is 0 Å². The normalized spacial score (nSPS) is 17.4. The second kappa shape index (κ2) is 5.02. The monoisotopic (exact) mass is 279 g/mol. The van der Waals surface area contributed by atoms with E-state index >= 15 is 0 Å². The summed E-state index contributed by atoms with van der Waals surface area (Å²) < 4.78 is 2.13. The molecule has 0 bridgehead atoms. The molecule has 3 aromatic rings. The third-order valence-corrected chi connectivity index (χ3v) is 3.58. The van der Waals surface area contributed by atoms with Crippen LogP contribution in [-0.4, -0.2) is 36.5 Å². The number of pyridine rings is 1. The van der Waals surface area contributed by atoms with E-state index in [1.807, 2.05) is 24.4 Å². The van der Waals surface area contributed by atoms with Gasteiger partial charge >= 0.3 is 0 Å². The predicted molar refractivity (Wildman–Crippen MR) is 75.1 cm³/mol. The molecule has 4 rings (SSSR count). The van der Waals surface area contributed by atoms with Crippen molar-refractivity contribution in [2.45, 2.75) is 12.6 Å². The Morgan fingerprint density at radius 3 is 2.90 bits per heavy atom. The Bertz CT molecular complexity index is 739. The van der Waals surface area contributed by atoms with Gasteiger partial charge in [-0.1, -0.05) is 6.07 Å². The Morgan fingerprint density at radius 2 is 2.10 bits per heavy atom. The van der Waals surface area contributed by atoms with Gasteiger partial charge in [-0.15, -0.1) is 10.2 Å². The van der Waals surface area contributed by atoms with E-state index in [-0.39, 0.29) is 6.04 Å². The molecule has 1 aliphatic heterocycles. The molecule has 0 spiro atoms. The SMILES string of the molecule is c1cncc(C2NCCn3c(-c4ccnnc4)nnc32)c1. The minimum atomic E-state index is 0.0171. The molecule has 3 aromatic heterocycles. The van der Waals surface area contributed by atoms with E-state index in [1.54, 1.807) is 18.6 Å². The first-order valence-electron chi connectivity index (χ1n) is 6.77. The number of fused-ring (bicyclic) bond motifs is 1. The summed E-state index contributed by atoms with van der Waals surface area (Å²) >= 11 is 0. The van der Waals surface area contributed by atoms with Gasteiger partial charge in [0.15, 0.2) is 11.6 Å². The number of hydrogen-bond donors (Lipinski definition) is 1. The summed E-state index contributed by atoms with van der Waals surface area (Å²) in [6.45, 7) is 1.69. The Balaban J connectivity index is 1.79. The minimum absolute atomic E-state index is 0.0171. The average Bonchev–Trinajstić information content (AvgIpc) is 3.00. The molecule has 0 saturated carbocycles. The molecule has 0 fully saturated rings. The van der Waals surface area contributed by atoms with Crippen molar-refractivity contribution >= 4 is 0 Å². The van der Waals surface area contributed by atoms with Crippen LogP contribution in [0.3, 0.4) is 0 Å². The summed E-state index contributed by atoms with van der Waals surface area (Å²) in [7, 11) is 0. The number of nitrogens with one attached hydrogen (secondary N) is 1. The quantitative estimate of drug-likeness (QED) is 0.748. The highest BCUT2D eigenvalue weighted by molar-refractivity contribution is 5.53. The van der Waals surface area contributed by atoms with Crippen LogP contribution in [0.15, 0.2) is 43.0 Å². The molecule has 0 saturated heterocycles. The van der Waals surface area contributed by atoms with Crippen LogP contribution >= 0.6 is 0 Å². The molecule has 21 heavy (non-hydrogen) atoms. The highest BCUT2D eigenvalue weighted by Crippen LogP contribution is 2.26. The Hall–Kier alpha value is -2.67. The molecule has 0 aromatic carbocycles. The molecular formula is C14H13N7. The van der Waals surface area contributed by atoms with Crippen molar-refractivity contribution in [1.82, 2.24) is 35.3 Å².